The van der Waals surface area contributed by atoms with Crippen LogP contribution in [0, 0.1) is 0 Å². The Balaban J connectivity index is 0.949. The first kappa shape index (κ1) is 34.6. The van der Waals surface area contributed by atoms with Gasteiger partial charge in [0.1, 0.15) is 0 Å². The van der Waals surface area contributed by atoms with Crippen molar-refractivity contribution in [3.63, 3.8) is 0 Å². The Bertz CT molecular complexity index is 3870. The van der Waals surface area contributed by atoms with E-state index in [0.717, 1.165) is 0 Å². The van der Waals surface area contributed by atoms with Gasteiger partial charge in [0.05, 0.1) is 27.8 Å². The molecule has 0 N–H and O–H groups in total. The summed E-state index contributed by atoms with van der Waals surface area (Å²) in [7, 11) is 0. The third-order valence-electron chi connectivity index (χ3n) is 13.1. The lowest BCUT2D eigenvalue weighted by molar-refractivity contribution is 1.18. The van der Waals surface area contributed by atoms with Crippen LogP contribution in [0.3, 0.4) is 0 Å². The van der Waals surface area contributed by atoms with Gasteiger partial charge in [0.25, 0.3) is 0 Å². The molecular formula is C60H38N2. The van der Waals surface area contributed by atoms with Crippen LogP contribution in [0.25, 0.3) is 121 Å². The molecule has 2 heterocycles. The van der Waals surface area contributed by atoms with E-state index in [9.17, 15) is 0 Å². The van der Waals surface area contributed by atoms with E-state index < -0.39 is 0 Å². The van der Waals surface area contributed by atoms with Crippen LogP contribution < -0.4 is 0 Å². The lowest BCUT2D eigenvalue weighted by Crippen LogP contribution is -1.97. The molecule has 0 amide bonds. The van der Waals surface area contributed by atoms with Crippen molar-refractivity contribution < 1.29 is 0 Å². The molecule has 2 heteroatoms. The average molecular weight is 787 g/mol. The maximum atomic E-state index is 2.45. The Kier molecular flexibility index (Phi) is 7.64. The van der Waals surface area contributed by atoms with E-state index in [0.29, 0.717) is 0 Å². The normalized spacial score (nSPS) is 11.9. The quantitative estimate of drug-likeness (QED) is 0.154. The van der Waals surface area contributed by atoms with Crippen LogP contribution in [0.1, 0.15) is 0 Å². The van der Waals surface area contributed by atoms with Crippen LogP contribution in [-0.2, 0) is 0 Å². The largest absolute Gasteiger partial charge is 0.309 e. The third kappa shape index (κ3) is 5.23. The van der Waals surface area contributed by atoms with Crippen molar-refractivity contribution in [1.82, 2.24) is 9.13 Å². The van der Waals surface area contributed by atoms with Crippen molar-refractivity contribution in [1.29, 1.82) is 0 Å². The molecular weight excluding hydrogens is 749 g/mol. The minimum Gasteiger partial charge on any atom is -0.309 e. The topological polar surface area (TPSA) is 9.86 Å². The van der Waals surface area contributed by atoms with Crippen molar-refractivity contribution in [3.8, 4) is 44.8 Å². The van der Waals surface area contributed by atoms with E-state index in [4.69, 9.17) is 0 Å². The second-order valence-corrected chi connectivity index (χ2v) is 16.5. The van der Waals surface area contributed by atoms with Crippen molar-refractivity contribution in [2.24, 2.45) is 0 Å². The number of aromatic nitrogens is 2. The fourth-order valence-corrected chi connectivity index (χ4v) is 10.3. The predicted molar refractivity (Wildman–Crippen MR) is 264 cm³/mol. The van der Waals surface area contributed by atoms with Crippen LogP contribution in [0.5, 0.6) is 0 Å². The molecule has 0 atom stereocenters. The summed E-state index contributed by atoms with van der Waals surface area (Å²) < 4.78 is 4.89. The Morgan fingerprint density at radius 3 is 1.26 bits per heavy atom. The summed E-state index contributed by atoms with van der Waals surface area (Å²) in [5.41, 5.74) is 14.4. The second kappa shape index (κ2) is 13.7. The van der Waals surface area contributed by atoms with Crippen LogP contribution in [0.15, 0.2) is 231 Å². The molecule has 0 unspecified atom stereocenters. The number of fused-ring (bicyclic) bond motifs is 12. The van der Waals surface area contributed by atoms with E-state index in [1.165, 1.54) is 121 Å². The lowest BCUT2D eigenvalue weighted by Gasteiger charge is -2.15. The number of nitrogens with zero attached hydrogens (tertiary/aromatic N) is 2. The summed E-state index contributed by atoms with van der Waals surface area (Å²) in [6, 6.07) is 84.7. The highest BCUT2D eigenvalue weighted by Gasteiger charge is 2.19. The molecule has 13 aromatic rings. The zero-order valence-electron chi connectivity index (χ0n) is 33.8. The van der Waals surface area contributed by atoms with Crippen molar-refractivity contribution in [3.05, 3.63) is 231 Å². The van der Waals surface area contributed by atoms with E-state index in [1.807, 2.05) is 0 Å². The number of benzene rings is 11. The van der Waals surface area contributed by atoms with E-state index in [1.54, 1.807) is 0 Å². The van der Waals surface area contributed by atoms with Crippen molar-refractivity contribution in [2.45, 2.75) is 0 Å². The molecule has 0 aliphatic carbocycles. The highest BCUT2D eigenvalue weighted by atomic mass is 15.0. The third-order valence-corrected chi connectivity index (χ3v) is 13.1. The average Bonchev–Trinajstić information content (AvgIpc) is 3.86. The first-order valence-electron chi connectivity index (χ1n) is 21.4. The van der Waals surface area contributed by atoms with Gasteiger partial charge in [-0.3, -0.25) is 0 Å². The maximum absolute atomic E-state index is 2.45. The number of hydrogen-bond acceptors (Lipinski definition) is 0. The smallest absolute Gasteiger partial charge is 0.0541 e. The summed E-state index contributed by atoms with van der Waals surface area (Å²) >= 11 is 0. The van der Waals surface area contributed by atoms with Gasteiger partial charge >= 0.3 is 0 Å². The lowest BCUT2D eigenvalue weighted by atomic mass is 9.94. The van der Waals surface area contributed by atoms with Crippen LogP contribution in [-0.4, -0.2) is 9.13 Å². The highest BCUT2D eigenvalue weighted by Crippen LogP contribution is 2.42. The summed E-state index contributed by atoms with van der Waals surface area (Å²) in [6.45, 7) is 0. The molecule has 62 heavy (non-hydrogen) atoms. The summed E-state index contributed by atoms with van der Waals surface area (Å²) in [5, 5.41) is 12.7. The maximum Gasteiger partial charge on any atom is 0.0541 e. The van der Waals surface area contributed by atoms with Crippen LogP contribution in [0.4, 0.5) is 0 Å². The molecule has 0 fully saturated rings. The zero-order chi connectivity index (χ0) is 40.7. The molecule has 0 aliphatic rings. The molecule has 2 aromatic heterocycles. The first-order chi connectivity index (χ1) is 30.8. The van der Waals surface area contributed by atoms with Gasteiger partial charge in [-0.25, -0.2) is 0 Å². The number of hydrogen-bond donors (Lipinski definition) is 0. The predicted octanol–water partition coefficient (Wildman–Crippen LogP) is 16.3. The van der Waals surface area contributed by atoms with Crippen LogP contribution in [0.2, 0.25) is 0 Å². The van der Waals surface area contributed by atoms with Crippen LogP contribution >= 0.6 is 0 Å². The molecule has 0 saturated heterocycles. The van der Waals surface area contributed by atoms with Gasteiger partial charge < -0.3 is 9.13 Å². The van der Waals surface area contributed by atoms with Gasteiger partial charge in [0.15, 0.2) is 0 Å². The summed E-state index contributed by atoms with van der Waals surface area (Å²) in [4.78, 5) is 0. The standard InChI is InChI=1S/C60H38N2/c1-2-14-39(15-3-1)40-26-28-41(29-27-40)45-16-8-11-23-56(45)62-58-25-13-10-22-52(58)55-37-43(31-35-60(55)62)42-30-34-59-54(36-42)51-21-9-12-24-57(51)61(59)44-32-33-50-48-19-5-4-17-46(48)47-18-6-7-20-49(47)53(50)38-44/h1-38H. The molecule has 0 radical (unpaired) electrons. The Morgan fingerprint density at radius 1 is 0.210 bits per heavy atom. The molecule has 0 bridgehead atoms. The molecule has 0 saturated carbocycles. The highest BCUT2D eigenvalue weighted by molar-refractivity contribution is 6.25. The minimum absolute atomic E-state index is 1.17. The van der Waals surface area contributed by atoms with Gasteiger partial charge in [-0.1, -0.05) is 176 Å². The molecule has 2 nitrogen and oxygen atoms in total. The monoisotopic (exact) mass is 786 g/mol. The van der Waals surface area contributed by atoms with Gasteiger partial charge in [-0.2, -0.15) is 0 Å². The van der Waals surface area contributed by atoms with Crippen molar-refractivity contribution in [2.75, 3.05) is 0 Å². The molecule has 11 aromatic carbocycles. The van der Waals surface area contributed by atoms with Gasteiger partial charge in [-0.05, 0) is 115 Å². The Morgan fingerprint density at radius 2 is 0.629 bits per heavy atom. The fraction of sp³-hybridized carbons (Fsp3) is 0. The molecule has 0 aliphatic heterocycles. The first-order valence-corrected chi connectivity index (χ1v) is 21.4. The van der Waals surface area contributed by atoms with E-state index in [2.05, 4.69) is 240 Å². The van der Waals surface area contributed by atoms with E-state index in [-0.39, 0.29) is 0 Å². The molecule has 13 rings (SSSR count). The SMILES string of the molecule is c1ccc(-c2ccc(-c3ccccc3-n3c4ccccc4c4cc(-c5ccc6c(c5)c5ccccc5n6-c5ccc6c7ccccc7c7ccccc7c6c5)ccc43)cc2)cc1. The summed E-state index contributed by atoms with van der Waals surface area (Å²) in [6.07, 6.45) is 0. The molecule has 288 valence electrons. The number of rotatable bonds is 5. The molecule has 0 spiro atoms. The van der Waals surface area contributed by atoms with E-state index >= 15 is 0 Å². The Hall–Kier alpha value is -8.20. The van der Waals surface area contributed by atoms with Gasteiger partial charge in [0.2, 0.25) is 0 Å². The minimum atomic E-state index is 1.17. The summed E-state index contributed by atoms with van der Waals surface area (Å²) in [5.74, 6) is 0. The van der Waals surface area contributed by atoms with Gasteiger partial charge in [-0.15, -0.1) is 0 Å². The van der Waals surface area contributed by atoms with Gasteiger partial charge in [0, 0.05) is 32.8 Å². The fourth-order valence-electron chi connectivity index (χ4n) is 10.3. The van der Waals surface area contributed by atoms with Crippen molar-refractivity contribution >= 4 is 75.9 Å². The zero-order valence-corrected chi connectivity index (χ0v) is 33.8. The number of para-hydroxylation sites is 3. The Labute approximate surface area is 358 Å². The second-order valence-electron chi connectivity index (χ2n) is 16.5.